The fraction of sp³-hybridized carbons (Fsp3) is 0.190. The molecule has 0 fully saturated rings. The number of benzene rings is 2. The van der Waals surface area contributed by atoms with Gasteiger partial charge >= 0.3 is 6.16 Å². The summed E-state index contributed by atoms with van der Waals surface area (Å²) in [5, 5.41) is 0. The summed E-state index contributed by atoms with van der Waals surface area (Å²) in [6.07, 6.45) is 4.22. The van der Waals surface area contributed by atoms with Crippen LogP contribution in [0.1, 0.15) is 11.1 Å². The van der Waals surface area contributed by atoms with Gasteiger partial charge in [0.05, 0.1) is 0 Å². The number of ether oxygens (including phenoxy) is 4. The first-order valence-electron chi connectivity index (χ1n) is 8.10. The number of hydrogen-bond donors (Lipinski definition) is 0. The van der Waals surface area contributed by atoms with E-state index in [1.807, 2.05) is 60.7 Å². The Morgan fingerprint density at radius 3 is 1.46 bits per heavy atom. The van der Waals surface area contributed by atoms with E-state index in [-0.39, 0.29) is 0 Å². The topological polar surface area (TPSA) is 54.0 Å². The van der Waals surface area contributed by atoms with Crippen molar-refractivity contribution in [2.75, 3.05) is 14.2 Å². The second kappa shape index (κ2) is 10.9. The molecule has 0 spiro atoms. The highest BCUT2D eigenvalue weighted by Gasteiger charge is 2.16. The van der Waals surface area contributed by atoms with Crippen LogP contribution in [-0.2, 0) is 18.9 Å². The van der Waals surface area contributed by atoms with Gasteiger partial charge in [-0.3, -0.25) is 0 Å². The van der Waals surface area contributed by atoms with Gasteiger partial charge in [-0.1, -0.05) is 72.8 Å². The quantitative estimate of drug-likeness (QED) is 0.516. The molecule has 0 saturated heterocycles. The Morgan fingerprint density at radius 2 is 1.12 bits per heavy atom. The number of carbonyl (C=O) groups excluding carboxylic acids is 1. The molecule has 0 aromatic heterocycles. The van der Waals surface area contributed by atoms with Crippen molar-refractivity contribution in [3.63, 3.8) is 0 Å². The standard InChI is InChI=1S/C21H22O5/c1-23-19(15-13-17-9-5-3-6-10-17)25-21(22)26-20(24-2)16-14-18-11-7-4-8-12-18/h3-16,19-20H,1-2H3/b15-13+,16-14+. The van der Waals surface area contributed by atoms with Gasteiger partial charge in [0.25, 0.3) is 0 Å². The highest BCUT2D eigenvalue weighted by Crippen LogP contribution is 2.08. The first-order valence-corrected chi connectivity index (χ1v) is 8.10. The van der Waals surface area contributed by atoms with Gasteiger partial charge in [0.2, 0.25) is 12.6 Å². The second-order valence-electron chi connectivity index (χ2n) is 5.23. The minimum atomic E-state index is -0.890. The number of methoxy groups -OCH3 is 2. The van der Waals surface area contributed by atoms with Crippen LogP contribution in [0.15, 0.2) is 72.8 Å². The summed E-state index contributed by atoms with van der Waals surface area (Å²) in [5.74, 6) is 0. The van der Waals surface area contributed by atoms with Crippen molar-refractivity contribution in [2.24, 2.45) is 0 Å². The van der Waals surface area contributed by atoms with Gasteiger partial charge in [-0.2, -0.15) is 0 Å². The van der Waals surface area contributed by atoms with Crippen LogP contribution < -0.4 is 0 Å². The molecule has 0 aliphatic heterocycles. The van der Waals surface area contributed by atoms with Crippen molar-refractivity contribution >= 4 is 18.3 Å². The molecule has 5 heteroatoms. The molecule has 0 saturated carbocycles. The van der Waals surface area contributed by atoms with Crippen LogP contribution in [0.4, 0.5) is 4.79 Å². The number of rotatable bonds is 8. The zero-order chi connectivity index (χ0) is 18.6. The molecule has 2 atom stereocenters. The lowest BCUT2D eigenvalue weighted by Crippen LogP contribution is -2.23. The Hall–Kier alpha value is -2.89. The Kier molecular flexibility index (Phi) is 8.12. The predicted octanol–water partition coefficient (Wildman–Crippen LogP) is 4.51. The maximum Gasteiger partial charge on any atom is 0.513 e. The van der Waals surface area contributed by atoms with E-state index in [2.05, 4.69) is 0 Å². The van der Waals surface area contributed by atoms with E-state index < -0.39 is 18.7 Å². The highest BCUT2D eigenvalue weighted by atomic mass is 16.8. The van der Waals surface area contributed by atoms with Crippen LogP contribution in [0.5, 0.6) is 0 Å². The molecular formula is C21H22O5. The Bertz CT molecular complexity index is 648. The average molecular weight is 354 g/mol. The zero-order valence-electron chi connectivity index (χ0n) is 14.8. The summed E-state index contributed by atoms with van der Waals surface area (Å²) in [5.41, 5.74) is 1.93. The van der Waals surface area contributed by atoms with Crippen molar-refractivity contribution in [3.8, 4) is 0 Å². The molecule has 0 amide bonds. The fourth-order valence-corrected chi connectivity index (χ4v) is 2.06. The molecule has 0 radical (unpaired) electrons. The van der Waals surface area contributed by atoms with Crippen molar-refractivity contribution in [1.29, 1.82) is 0 Å². The molecule has 0 N–H and O–H groups in total. The van der Waals surface area contributed by atoms with E-state index in [0.717, 1.165) is 11.1 Å². The maximum absolute atomic E-state index is 11.9. The van der Waals surface area contributed by atoms with E-state index in [1.54, 1.807) is 24.3 Å². The largest absolute Gasteiger partial charge is 0.513 e. The van der Waals surface area contributed by atoms with Crippen molar-refractivity contribution in [2.45, 2.75) is 12.6 Å². The van der Waals surface area contributed by atoms with Crippen molar-refractivity contribution in [1.82, 2.24) is 0 Å². The number of hydrogen-bond acceptors (Lipinski definition) is 5. The molecule has 5 nitrogen and oxygen atoms in total. The first kappa shape index (κ1) is 19.4. The minimum absolute atomic E-state index is 0.863. The Labute approximate surface area is 153 Å². The smallest absolute Gasteiger partial charge is 0.400 e. The molecular weight excluding hydrogens is 332 g/mol. The first-order chi connectivity index (χ1) is 12.7. The molecule has 2 aromatic carbocycles. The summed E-state index contributed by atoms with van der Waals surface area (Å²) >= 11 is 0. The van der Waals surface area contributed by atoms with E-state index in [1.165, 1.54) is 14.2 Å². The van der Waals surface area contributed by atoms with Gasteiger partial charge in [-0.05, 0) is 23.3 Å². The normalized spacial score (nSPS) is 13.6. The molecule has 26 heavy (non-hydrogen) atoms. The second-order valence-corrected chi connectivity index (χ2v) is 5.23. The molecule has 0 aliphatic carbocycles. The van der Waals surface area contributed by atoms with Gasteiger partial charge in [0.15, 0.2) is 0 Å². The third-order valence-electron chi connectivity index (χ3n) is 3.38. The third kappa shape index (κ3) is 6.93. The summed E-state index contributed by atoms with van der Waals surface area (Å²) in [6, 6.07) is 19.2. The summed E-state index contributed by atoms with van der Waals surface area (Å²) < 4.78 is 20.5. The van der Waals surface area contributed by atoms with Gasteiger partial charge < -0.3 is 18.9 Å². The van der Waals surface area contributed by atoms with Crippen LogP contribution in [0.25, 0.3) is 12.2 Å². The minimum Gasteiger partial charge on any atom is -0.400 e. The average Bonchev–Trinajstić information content (AvgIpc) is 2.69. The monoisotopic (exact) mass is 354 g/mol. The third-order valence-corrected chi connectivity index (χ3v) is 3.38. The van der Waals surface area contributed by atoms with Gasteiger partial charge in [0.1, 0.15) is 0 Å². The lowest BCUT2D eigenvalue weighted by Gasteiger charge is -2.15. The van der Waals surface area contributed by atoms with Crippen molar-refractivity contribution < 1.29 is 23.7 Å². The van der Waals surface area contributed by atoms with E-state index in [0.29, 0.717) is 0 Å². The van der Waals surface area contributed by atoms with Crippen LogP contribution >= 0.6 is 0 Å². The predicted molar refractivity (Wildman–Crippen MR) is 100 cm³/mol. The summed E-state index contributed by atoms with van der Waals surface area (Å²) in [6.45, 7) is 0. The summed E-state index contributed by atoms with van der Waals surface area (Å²) in [4.78, 5) is 11.9. The Morgan fingerprint density at radius 1 is 0.731 bits per heavy atom. The number of carbonyl (C=O) groups is 1. The molecule has 0 bridgehead atoms. The van der Waals surface area contributed by atoms with Gasteiger partial charge in [-0.15, -0.1) is 0 Å². The van der Waals surface area contributed by atoms with Crippen LogP contribution in [0.3, 0.4) is 0 Å². The van der Waals surface area contributed by atoms with Crippen LogP contribution in [0, 0.1) is 0 Å². The van der Waals surface area contributed by atoms with E-state index >= 15 is 0 Å². The highest BCUT2D eigenvalue weighted by molar-refractivity contribution is 5.61. The molecule has 2 unspecified atom stereocenters. The van der Waals surface area contributed by atoms with Gasteiger partial charge in [0, 0.05) is 14.2 Å². The van der Waals surface area contributed by atoms with Crippen LogP contribution in [-0.4, -0.2) is 33.0 Å². The molecule has 2 aromatic rings. The van der Waals surface area contributed by atoms with Crippen LogP contribution in [0.2, 0.25) is 0 Å². The molecule has 0 heterocycles. The van der Waals surface area contributed by atoms with E-state index in [9.17, 15) is 4.79 Å². The van der Waals surface area contributed by atoms with Gasteiger partial charge in [-0.25, -0.2) is 4.79 Å². The molecule has 136 valence electrons. The molecule has 0 aliphatic rings. The zero-order valence-corrected chi connectivity index (χ0v) is 14.8. The Balaban J connectivity index is 1.88. The molecule has 2 rings (SSSR count). The maximum atomic E-state index is 11.9. The fourth-order valence-electron chi connectivity index (χ4n) is 2.06. The van der Waals surface area contributed by atoms with E-state index in [4.69, 9.17) is 18.9 Å². The SMILES string of the molecule is COC(/C=C/c1ccccc1)OC(=O)OC(/C=C/c1ccccc1)OC. The lowest BCUT2D eigenvalue weighted by atomic mass is 10.2. The van der Waals surface area contributed by atoms with Crippen molar-refractivity contribution in [3.05, 3.63) is 83.9 Å². The lowest BCUT2D eigenvalue weighted by molar-refractivity contribution is -0.115. The summed E-state index contributed by atoms with van der Waals surface area (Å²) in [7, 11) is 2.88.